The average Bonchev–Trinajstić information content (AvgIpc) is 2.98. The molecule has 8 nitrogen and oxygen atoms in total. The largest absolute Gasteiger partial charge is 0.376 e. The van der Waals surface area contributed by atoms with E-state index in [1.165, 1.54) is 12.1 Å². The molecule has 2 rings (SSSR count). The maximum atomic E-state index is 11.9. The normalized spacial score (nSPS) is 14.2. The molecule has 108 valence electrons. The fourth-order valence-corrected chi connectivity index (χ4v) is 2.16. The number of nitrogen functional groups attached to an aromatic ring is 1. The average molecular weight is 279 g/mol. The number of nitrogens with one attached hydrogen (secondary N) is 2. The third-order valence-electron chi connectivity index (χ3n) is 3.20. The maximum Gasteiger partial charge on any atom is 0.273 e. The van der Waals surface area contributed by atoms with Gasteiger partial charge in [-0.25, -0.2) is 0 Å². The van der Waals surface area contributed by atoms with Gasteiger partial charge in [0.2, 0.25) is 5.91 Å². The first kappa shape index (κ1) is 14.1. The number of hydrazine groups is 1. The quantitative estimate of drug-likeness (QED) is 0.419. The minimum Gasteiger partial charge on any atom is -0.376 e. The van der Waals surface area contributed by atoms with Gasteiger partial charge in [-0.1, -0.05) is 0 Å². The van der Waals surface area contributed by atoms with Crippen LogP contribution in [0.5, 0.6) is 0 Å². The number of non-ortho nitro benzene ring substituents is 1. The van der Waals surface area contributed by atoms with Gasteiger partial charge in [-0.2, -0.15) is 0 Å². The number of rotatable bonds is 5. The van der Waals surface area contributed by atoms with Crippen molar-refractivity contribution < 1.29 is 9.72 Å². The number of benzene rings is 1. The molecule has 1 saturated heterocycles. The highest BCUT2D eigenvalue weighted by molar-refractivity contribution is 5.81. The van der Waals surface area contributed by atoms with Gasteiger partial charge in [-0.15, -0.1) is 0 Å². The lowest BCUT2D eigenvalue weighted by atomic mass is 10.2. The Labute approximate surface area is 116 Å². The second-order valence-electron chi connectivity index (χ2n) is 4.61. The summed E-state index contributed by atoms with van der Waals surface area (Å²) in [6.07, 6.45) is 2.06. The molecule has 0 unspecified atom stereocenters. The summed E-state index contributed by atoms with van der Waals surface area (Å²) in [5, 5.41) is 13.7. The molecule has 20 heavy (non-hydrogen) atoms. The molecular weight excluding hydrogens is 262 g/mol. The molecule has 1 aromatic rings. The summed E-state index contributed by atoms with van der Waals surface area (Å²) >= 11 is 0. The Bertz CT molecular complexity index is 514. The van der Waals surface area contributed by atoms with Gasteiger partial charge in [0.05, 0.1) is 17.2 Å². The number of carbonyl (C=O) groups excluding carboxylic acids is 1. The van der Waals surface area contributed by atoms with Crippen LogP contribution in [0.2, 0.25) is 0 Å². The molecule has 1 aliphatic heterocycles. The molecule has 0 saturated carbocycles. The highest BCUT2D eigenvalue weighted by atomic mass is 16.6. The smallest absolute Gasteiger partial charge is 0.273 e. The van der Waals surface area contributed by atoms with E-state index in [9.17, 15) is 14.9 Å². The lowest BCUT2D eigenvalue weighted by molar-refractivity contribution is -0.384. The van der Waals surface area contributed by atoms with Crippen LogP contribution in [0.15, 0.2) is 18.2 Å². The Kier molecular flexibility index (Phi) is 4.36. The number of nitrogens with two attached hydrogens (primary N) is 1. The van der Waals surface area contributed by atoms with E-state index in [2.05, 4.69) is 10.7 Å². The lowest BCUT2D eigenvalue weighted by Crippen LogP contribution is -2.33. The van der Waals surface area contributed by atoms with E-state index in [1.54, 1.807) is 11.0 Å². The van der Waals surface area contributed by atoms with Crippen molar-refractivity contribution in [1.82, 2.24) is 4.90 Å². The molecule has 1 aromatic carbocycles. The Morgan fingerprint density at radius 2 is 1.95 bits per heavy atom. The first-order valence-corrected chi connectivity index (χ1v) is 6.38. The number of nitrogens with zero attached hydrogens (tertiary/aromatic N) is 2. The summed E-state index contributed by atoms with van der Waals surface area (Å²) in [7, 11) is 0. The van der Waals surface area contributed by atoms with Crippen LogP contribution < -0.4 is 16.6 Å². The second kappa shape index (κ2) is 6.20. The molecule has 0 bridgehead atoms. The molecule has 0 aliphatic carbocycles. The van der Waals surface area contributed by atoms with Crippen molar-refractivity contribution >= 4 is 23.0 Å². The SMILES string of the molecule is NNc1cc(NCC(=O)N2CCCC2)cc([N+](=O)[O-])c1. The van der Waals surface area contributed by atoms with Crippen LogP contribution in [0.25, 0.3) is 0 Å². The monoisotopic (exact) mass is 279 g/mol. The summed E-state index contributed by atoms with van der Waals surface area (Å²) in [5.41, 5.74) is 3.18. The van der Waals surface area contributed by atoms with E-state index >= 15 is 0 Å². The highest BCUT2D eigenvalue weighted by Crippen LogP contribution is 2.23. The van der Waals surface area contributed by atoms with Gasteiger partial charge in [-0.05, 0) is 18.9 Å². The second-order valence-corrected chi connectivity index (χ2v) is 4.61. The van der Waals surface area contributed by atoms with E-state index in [-0.39, 0.29) is 18.1 Å². The van der Waals surface area contributed by atoms with Crippen molar-refractivity contribution in [3.8, 4) is 0 Å². The van der Waals surface area contributed by atoms with Crippen molar-refractivity contribution in [3.05, 3.63) is 28.3 Å². The van der Waals surface area contributed by atoms with Crippen LogP contribution in [0.1, 0.15) is 12.8 Å². The molecule has 0 radical (unpaired) electrons. The zero-order valence-corrected chi connectivity index (χ0v) is 11.0. The molecule has 0 spiro atoms. The zero-order valence-electron chi connectivity index (χ0n) is 11.0. The Balaban J connectivity index is 2.02. The number of nitro groups is 1. The molecule has 1 amide bonds. The van der Waals surface area contributed by atoms with E-state index < -0.39 is 4.92 Å². The predicted octanol–water partition coefficient (Wildman–Crippen LogP) is 0.915. The summed E-state index contributed by atoms with van der Waals surface area (Å²) in [4.78, 5) is 24.0. The van der Waals surface area contributed by atoms with Gasteiger partial charge in [0.15, 0.2) is 0 Å². The minimum absolute atomic E-state index is 0.00346. The Morgan fingerprint density at radius 1 is 1.30 bits per heavy atom. The lowest BCUT2D eigenvalue weighted by Gasteiger charge is -2.16. The maximum absolute atomic E-state index is 11.9. The molecule has 0 aromatic heterocycles. The molecule has 1 heterocycles. The predicted molar refractivity (Wildman–Crippen MR) is 75.2 cm³/mol. The van der Waals surface area contributed by atoms with Crippen LogP contribution in [0.4, 0.5) is 17.1 Å². The molecule has 1 fully saturated rings. The van der Waals surface area contributed by atoms with Crippen LogP contribution in [-0.4, -0.2) is 35.4 Å². The summed E-state index contributed by atoms with van der Waals surface area (Å²) in [5.74, 6) is 5.26. The molecular formula is C12H17N5O3. The van der Waals surface area contributed by atoms with Gasteiger partial charge < -0.3 is 15.6 Å². The van der Waals surface area contributed by atoms with Gasteiger partial charge in [-0.3, -0.25) is 20.8 Å². The topological polar surface area (TPSA) is 114 Å². The van der Waals surface area contributed by atoms with Crippen molar-refractivity contribution in [2.24, 2.45) is 5.84 Å². The van der Waals surface area contributed by atoms with Crippen LogP contribution in [0.3, 0.4) is 0 Å². The Hall–Kier alpha value is -2.35. The first-order chi connectivity index (χ1) is 9.60. The van der Waals surface area contributed by atoms with Gasteiger partial charge in [0.25, 0.3) is 5.69 Å². The number of likely N-dealkylation sites (tertiary alicyclic amines) is 1. The van der Waals surface area contributed by atoms with Crippen molar-refractivity contribution in [3.63, 3.8) is 0 Å². The van der Waals surface area contributed by atoms with E-state index in [1.807, 2.05) is 0 Å². The summed E-state index contributed by atoms with van der Waals surface area (Å²) in [6.45, 7) is 1.68. The van der Waals surface area contributed by atoms with Crippen molar-refractivity contribution in [2.75, 3.05) is 30.4 Å². The molecule has 1 aliphatic rings. The van der Waals surface area contributed by atoms with Gasteiger partial charge in [0.1, 0.15) is 0 Å². The number of hydrogen-bond acceptors (Lipinski definition) is 6. The highest BCUT2D eigenvalue weighted by Gasteiger charge is 2.17. The van der Waals surface area contributed by atoms with Gasteiger partial charge >= 0.3 is 0 Å². The van der Waals surface area contributed by atoms with E-state index in [4.69, 9.17) is 5.84 Å². The minimum atomic E-state index is -0.506. The first-order valence-electron chi connectivity index (χ1n) is 6.38. The number of carbonyl (C=O) groups is 1. The van der Waals surface area contributed by atoms with Gasteiger partial charge in [0, 0.05) is 30.9 Å². The molecule has 8 heteroatoms. The Morgan fingerprint density at radius 3 is 2.55 bits per heavy atom. The number of amides is 1. The fraction of sp³-hybridized carbons (Fsp3) is 0.417. The molecule has 4 N–H and O–H groups in total. The van der Waals surface area contributed by atoms with Crippen LogP contribution >= 0.6 is 0 Å². The standard InChI is InChI=1S/C12H17N5O3/c13-15-10-5-9(6-11(7-10)17(19)20)14-8-12(18)16-3-1-2-4-16/h5-7,14-15H,1-4,8,13H2. The third-order valence-corrected chi connectivity index (χ3v) is 3.20. The van der Waals surface area contributed by atoms with Crippen LogP contribution in [-0.2, 0) is 4.79 Å². The van der Waals surface area contributed by atoms with E-state index in [0.717, 1.165) is 25.9 Å². The van der Waals surface area contributed by atoms with E-state index in [0.29, 0.717) is 11.4 Å². The third kappa shape index (κ3) is 3.35. The molecule has 0 atom stereocenters. The van der Waals surface area contributed by atoms with Crippen molar-refractivity contribution in [2.45, 2.75) is 12.8 Å². The van der Waals surface area contributed by atoms with Crippen LogP contribution in [0, 0.1) is 10.1 Å². The van der Waals surface area contributed by atoms with Crippen molar-refractivity contribution in [1.29, 1.82) is 0 Å². The fourth-order valence-electron chi connectivity index (χ4n) is 2.16. The summed E-state index contributed by atoms with van der Waals surface area (Å²) in [6, 6.07) is 4.32. The summed E-state index contributed by atoms with van der Waals surface area (Å²) < 4.78 is 0. The zero-order chi connectivity index (χ0) is 14.5. The number of anilines is 2. The number of nitro benzene ring substituents is 1. The number of hydrogen-bond donors (Lipinski definition) is 3.